The fraction of sp³-hybridized carbons (Fsp3) is 0. The van der Waals surface area contributed by atoms with Crippen LogP contribution in [0.3, 0.4) is 0 Å². The van der Waals surface area contributed by atoms with Crippen LogP contribution < -0.4 is 0 Å². The lowest BCUT2D eigenvalue weighted by molar-refractivity contribution is 1.12. The van der Waals surface area contributed by atoms with Crippen molar-refractivity contribution in [2.24, 2.45) is 0 Å². The molecule has 76 valence electrons. The van der Waals surface area contributed by atoms with Gasteiger partial charge in [0.05, 0.1) is 0 Å². The molecule has 2 heterocycles. The van der Waals surface area contributed by atoms with Crippen LogP contribution in [0.1, 0.15) is 10.8 Å². The zero-order valence-corrected chi connectivity index (χ0v) is 11.1. The summed E-state index contributed by atoms with van der Waals surface area (Å²) < 4.78 is 1.02. The highest BCUT2D eigenvalue weighted by Crippen LogP contribution is 2.16. The molecule has 0 unspecified atom stereocenters. The number of aromatic nitrogens is 3. The van der Waals surface area contributed by atoms with E-state index in [1.807, 2.05) is 12.2 Å². The molecule has 0 aliphatic heterocycles. The monoisotopic (exact) mass is 349 g/mol. The van der Waals surface area contributed by atoms with Crippen LogP contribution in [-0.4, -0.2) is 15.0 Å². The van der Waals surface area contributed by atoms with E-state index in [2.05, 4.69) is 37.5 Å². The minimum Gasteiger partial charge on any atom is -0.236 e. The van der Waals surface area contributed by atoms with Crippen molar-refractivity contribution < 1.29 is 0 Å². The molecule has 0 atom stereocenters. The lowest BCUT2D eigenvalue weighted by Crippen LogP contribution is -1.86. The molecular formula is C9H5ClIN3S. The van der Waals surface area contributed by atoms with Crippen molar-refractivity contribution in [1.29, 1.82) is 0 Å². The Labute approximate surface area is 109 Å². The molecule has 2 rings (SSSR count). The molecule has 0 amide bonds. The maximum absolute atomic E-state index is 5.70. The molecule has 6 heteroatoms. The van der Waals surface area contributed by atoms with E-state index in [0.29, 0.717) is 11.0 Å². The van der Waals surface area contributed by atoms with Gasteiger partial charge in [0.15, 0.2) is 5.82 Å². The number of hydrogen-bond donors (Lipinski definition) is 0. The summed E-state index contributed by atoms with van der Waals surface area (Å²) >= 11 is 9.34. The maximum Gasteiger partial charge on any atom is 0.151 e. The quantitative estimate of drug-likeness (QED) is 0.780. The zero-order valence-electron chi connectivity index (χ0n) is 7.39. The molecule has 0 N–H and O–H groups in total. The Morgan fingerprint density at radius 1 is 1.27 bits per heavy atom. The summed E-state index contributed by atoms with van der Waals surface area (Å²) in [6.07, 6.45) is 7.19. The molecule has 0 aliphatic rings. The molecule has 0 radical (unpaired) electrons. The summed E-state index contributed by atoms with van der Waals surface area (Å²) in [5.41, 5.74) is 0. The first kappa shape index (κ1) is 11.0. The van der Waals surface area contributed by atoms with Crippen molar-refractivity contribution >= 4 is 57.7 Å². The highest BCUT2D eigenvalue weighted by atomic mass is 127. The molecular weight excluding hydrogens is 345 g/mol. The van der Waals surface area contributed by atoms with Gasteiger partial charge in [0.25, 0.3) is 0 Å². The molecule has 0 fully saturated rings. The largest absolute Gasteiger partial charge is 0.236 e. The molecule has 0 aliphatic carbocycles. The number of thiazole rings is 1. The second-order valence-corrected chi connectivity index (χ2v) is 5.12. The van der Waals surface area contributed by atoms with Gasteiger partial charge in [-0.25, -0.2) is 15.0 Å². The van der Waals surface area contributed by atoms with Crippen molar-refractivity contribution in [2.75, 3.05) is 0 Å². The van der Waals surface area contributed by atoms with Crippen molar-refractivity contribution in [2.45, 2.75) is 0 Å². The zero-order chi connectivity index (χ0) is 10.7. The van der Waals surface area contributed by atoms with Crippen LogP contribution >= 0.6 is 45.5 Å². The van der Waals surface area contributed by atoms with Gasteiger partial charge in [0.1, 0.15) is 10.2 Å². The number of rotatable bonds is 2. The molecule has 15 heavy (non-hydrogen) atoms. The Kier molecular flexibility index (Phi) is 3.66. The summed E-state index contributed by atoms with van der Waals surface area (Å²) in [5, 5.41) is 3.15. The first-order chi connectivity index (χ1) is 7.24. The van der Waals surface area contributed by atoms with Gasteiger partial charge in [-0.15, -0.1) is 11.3 Å². The van der Waals surface area contributed by atoms with Gasteiger partial charge in [0.2, 0.25) is 0 Å². The Hall–Kier alpha value is -0.530. The Balaban J connectivity index is 2.14. The fourth-order valence-corrected chi connectivity index (χ4v) is 2.02. The Morgan fingerprint density at radius 2 is 2.00 bits per heavy atom. The smallest absolute Gasteiger partial charge is 0.151 e. The number of nitrogens with zero attached hydrogens (tertiary/aromatic N) is 3. The van der Waals surface area contributed by atoms with E-state index in [1.54, 1.807) is 17.8 Å². The molecule has 2 aromatic rings. The average molecular weight is 350 g/mol. The molecule has 0 spiro atoms. The highest BCUT2D eigenvalue weighted by Gasteiger charge is 1.95. The Morgan fingerprint density at radius 3 is 2.60 bits per heavy atom. The second-order valence-electron chi connectivity index (χ2n) is 2.60. The first-order valence-corrected chi connectivity index (χ1v) is 6.34. The lowest BCUT2D eigenvalue weighted by Gasteiger charge is -1.90. The molecule has 2 aromatic heterocycles. The third kappa shape index (κ3) is 3.22. The van der Waals surface area contributed by atoms with E-state index >= 15 is 0 Å². The standard InChI is InChI=1S/C9H5ClIN3S/c10-7-5-15-9(14-7)2-1-8-12-3-6(11)4-13-8/h1-5H/b2-1+. The number of halogens is 2. The second kappa shape index (κ2) is 5.00. The van der Waals surface area contributed by atoms with Gasteiger partial charge < -0.3 is 0 Å². The van der Waals surface area contributed by atoms with Crippen LogP contribution in [0.25, 0.3) is 12.2 Å². The molecule has 3 nitrogen and oxygen atoms in total. The summed E-state index contributed by atoms with van der Waals surface area (Å²) in [7, 11) is 0. The maximum atomic E-state index is 5.70. The van der Waals surface area contributed by atoms with Gasteiger partial charge in [-0.2, -0.15) is 0 Å². The van der Waals surface area contributed by atoms with Gasteiger partial charge in [-0.3, -0.25) is 0 Å². The van der Waals surface area contributed by atoms with Crippen LogP contribution in [0.2, 0.25) is 5.15 Å². The summed E-state index contributed by atoms with van der Waals surface area (Å²) in [5.74, 6) is 0.668. The van der Waals surface area contributed by atoms with Crippen molar-refractivity contribution in [3.8, 4) is 0 Å². The van der Waals surface area contributed by atoms with Crippen molar-refractivity contribution in [3.05, 3.63) is 37.3 Å². The molecule has 0 bridgehead atoms. The van der Waals surface area contributed by atoms with Crippen LogP contribution in [-0.2, 0) is 0 Å². The minimum absolute atomic E-state index is 0.517. The van der Waals surface area contributed by atoms with Crippen LogP contribution in [0.5, 0.6) is 0 Å². The van der Waals surface area contributed by atoms with Crippen LogP contribution in [0.4, 0.5) is 0 Å². The predicted molar refractivity (Wildman–Crippen MR) is 70.8 cm³/mol. The van der Waals surface area contributed by atoms with E-state index in [1.165, 1.54) is 11.3 Å². The molecule has 0 saturated carbocycles. The van der Waals surface area contributed by atoms with E-state index < -0.39 is 0 Å². The van der Waals surface area contributed by atoms with Gasteiger partial charge in [-0.1, -0.05) is 11.6 Å². The van der Waals surface area contributed by atoms with E-state index in [-0.39, 0.29) is 0 Å². The van der Waals surface area contributed by atoms with E-state index in [0.717, 1.165) is 8.58 Å². The van der Waals surface area contributed by atoms with Crippen molar-refractivity contribution in [3.63, 3.8) is 0 Å². The van der Waals surface area contributed by atoms with Crippen LogP contribution in [0.15, 0.2) is 17.8 Å². The third-order valence-corrected chi connectivity index (χ3v) is 3.20. The summed E-state index contributed by atoms with van der Waals surface area (Å²) in [4.78, 5) is 12.4. The third-order valence-electron chi connectivity index (χ3n) is 1.51. The van der Waals surface area contributed by atoms with E-state index in [9.17, 15) is 0 Å². The normalized spacial score (nSPS) is 11.1. The SMILES string of the molecule is Clc1csc(/C=C/c2ncc(I)cn2)n1. The first-order valence-electron chi connectivity index (χ1n) is 4.01. The average Bonchev–Trinajstić information content (AvgIpc) is 2.64. The minimum atomic E-state index is 0.517. The van der Waals surface area contributed by atoms with Crippen LogP contribution in [0, 0.1) is 3.57 Å². The van der Waals surface area contributed by atoms with E-state index in [4.69, 9.17) is 11.6 Å². The number of hydrogen-bond acceptors (Lipinski definition) is 4. The molecule has 0 aromatic carbocycles. The van der Waals surface area contributed by atoms with Gasteiger partial charge in [-0.05, 0) is 34.7 Å². The van der Waals surface area contributed by atoms with Crippen molar-refractivity contribution in [1.82, 2.24) is 15.0 Å². The highest BCUT2D eigenvalue weighted by molar-refractivity contribution is 14.1. The summed E-state index contributed by atoms with van der Waals surface area (Å²) in [6.45, 7) is 0. The Bertz CT molecular complexity index is 480. The predicted octanol–water partition coefficient (Wildman–Crippen LogP) is 3.36. The van der Waals surface area contributed by atoms with Gasteiger partial charge in [0, 0.05) is 21.3 Å². The molecule has 0 saturated heterocycles. The van der Waals surface area contributed by atoms with Gasteiger partial charge >= 0.3 is 0 Å². The summed E-state index contributed by atoms with van der Waals surface area (Å²) in [6, 6.07) is 0. The topological polar surface area (TPSA) is 38.7 Å². The lowest BCUT2D eigenvalue weighted by atomic mass is 10.4. The fourth-order valence-electron chi connectivity index (χ4n) is 0.898.